The molecule has 1 saturated carbocycles. The summed E-state index contributed by atoms with van der Waals surface area (Å²) in [4.78, 5) is 16.0. The minimum absolute atomic E-state index is 0.0803. The van der Waals surface area contributed by atoms with Crippen LogP contribution in [0.4, 0.5) is 5.82 Å². The molecule has 1 fully saturated rings. The zero-order valence-corrected chi connectivity index (χ0v) is 10.6. The van der Waals surface area contributed by atoms with Gasteiger partial charge in [-0.1, -0.05) is 13.8 Å². The van der Waals surface area contributed by atoms with Crippen molar-refractivity contribution in [3.05, 3.63) is 24.0 Å². The lowest BCUT2D eigenvalue weighted by molar-refractivity contribution is -0.117. The van der Waals surface area contributed by atoms with Crippen molar-refractivity contribution in [2.24, 2.45) is 5.92 Å². The van der Waals surface area contributed by atoms with Crippen LogP contribution in [0.3, 0.4) is 0 Å². The molecule has 1 aliphatic rings. The van der Waals surface area contributed by atoms with Gasteiger partial charge >= 0.3 is 0 Å². The Kier molecular flexibility index (Phi) is 2.54. The molecule has 0 bridgehead atoms. The number of amides is 1. The van der Waals surface area contributed by atoms with Crippen LogP contribution in [0.1, 0.15) is 38.2 Å². The summed E-state index contributed by atoms with van der Waals surface area (Å²) in [5.74, 6) is 1.22. The summed E-state index contributed by atoms with van der Waals surface area (Å²) in [5.41, 5.74) is 1.95. The van der Waals surface area contributed by atoms with Gasteiger partial charge in [-0.15, -0.1) is 5.10 Å². The van der Waals surface area contributed by atoms with Crippen molar-refractivity contribution in [2.45, 2.75) is 32.6 Å². The van der Waals surface area contributed by atoms with E-state index in [-0.39, 0.29) is 11.8 Å². The van der Waals surface area contributed by atoms with Crippen molar-refractivity contribution in [1.82, 2.24) is 14.6 Å². The fourth-order valence-electron chi connectivity index (χ4n) is 2.00. The number of imidazole rings is 1. The highest BCUT2D eigenvalue weighted by Gasteiger charge is 2.30. The highest BCUT2D eigenvalue weighted by Crippen LogP contribution is 2.30. The van der Waals surface area contributed by atoms with Crippen LogP contribution in [0, 0.1) is 5.92 Å². The first kappa shape index (κ1) is 11.2. The number of anilines is 1. The van der Waals surface area contributed by atoms with Gasteiger partial charge in [-0.3, -0.25) is 4.79 Å². The topological polar surface area (TPSA) is 59.3 Å². The summed E-state index contributed by atoms with van der Waals surface area (Å²) in [6, 6.07) is 1.92. The molecule has 0 saturated heterocycles. The van der Waals surface area contributed by atoms with Crippen molar-refractivity contribution in [1.29, 1.82) is 0 Å². The Hall–Kier alpha value is -1.91. The molecular weight excluding hydrogens is 228 g/mol. The van der Waals surface area contributed by atoms with Crippen molar-refractivity contribution in [2.75, 3.05) is 5.32 Å². The third-order valence-corrected chi connectivity index (χ3v) is 3.21. The van der Waals surface area contributed by atoms with E-state index in [2.05, 4.69) is 29.2 Å². The van der Waals surface area contributed by atoms with Gasteiger partial charge in [0, 0.05) is 23.9 Å². The van der Waals surface area contributed by atoms with E-state index in [4.69, 9.17) is 0 Å². The fourth-order valence-corrected chi connectivity index (χ4v) is 2.00. The summed E-state index contributed by atoms with van der Waals surface area (Å²) in [6.45, 7) is 4.22. The molecule has 3 rings (SSSR count). The van der Waals surface area contributed by atoms with Crippen LogP contribution >= 0.6 is 0 Å². The second-order valence-corrected chi connectivity index (χ2v) is 5.10. The Morgan fingerprint density at radius 2 is 2.28 bits per heavy atom. The number of fused-ring (bicyclic) bond motifs is 1. The molecule has 94 valence electrons. The van der Waals surface area contributed by atoms with E-state index in [0.717, 1.165) is 24.1 Å². The normalized spacial score (nSPS) is 15.3. The minimum atomic E-state index is 0.0803. The average Bonchev–Trinajstić information content (AvgIpc) is 3.07. The minimum Gasteiger partial charge on any atom is -0.309 e. The molecule has 18 heavy (non-hydrogen) atoms. The maximum atomic E-state index is 11.8. The zero-order valence-electron chi connectivity index (χ0n) is 10.6. The first-order chi connectivity index (χ1) is 8.65. The lowest BCUT2D eigenvalue weighted by Crippen LogP contribution is -2.16. The van der Waals surface area contributed by atoms with Gasteiger partial charge < -0.3 is 5.32 Å². The highest BCUT2D eigenvalue weighted by molar-refractivity contribution is 5.93. The van der Waals surface area contributed by atoms with Gasteiger partial charge in [-0.2, -0.15) is 0 Å². The van der Waals surface area contributed by atoms with Crippen LogP contribution in [-0.2, 0) is 4.79 Å². The zero-order chi connectivity index (χ0) is 12.7. The summed E-state index contributed by atoms with van der Waals surface area (Å²) in [6.07, 6.45) is 5.51. The summed E-state index contributed by atoms with van der Waals surface area (Å²) in [7, 11) is 0. The number of rotatable bonds is 3. The number of aromatic nitrogens is 3. The van der Waals surface area contributed by atoms with Gasteiger partial charge in [0.2, 0.25) is 5.91 Å². The van der Waals surface area contributed by atoms with E-state index in [0.29, 0.717) is 11.7 Å². The maximum absolute atomic E-state index is 11.8. The van der Waals surface area contributed by atoms with E-state index in [1.54, 1.807) is 16.9 Å². The van der Waals surface area contributed by atoms with E-state index in [1.807, 2.05) is 6.07 Å². The first-order valence-electron chi connectivity index (χ1n) is 6.30. The Bertz CT molecular complexity index is 598. The van der Waals surface area contributed by atoms with Crippen molar-refractivity contribution >= 4 is 17.4 Å². The summed E-state index contributed by atoms with van der Waals surface area (Å²) < 4.78 is 1.72. The average molecular weight is 244 g/mol. The molecule has 5 nitrogen and oxygen atoms in total. The van der Waals surface area contributed by atoms with Crippen LogP contribution < -0.4 is 5.32 Å². The van der Waals surface area contributed by atoms with Gasteiger partial charge in [0.15, 0.2) is 11.5 Å². The second-order valence-electron chi connectivity index (χ2n) is 5.10. The number of nitrogens with zero attached hydrogens (tertiary/aromatic N) is 3. The summed E-state index contributed by atoms with van der Waals surface area (Å²) >= 11 is 0. The van der Waals surface area contributed by atoms with Crippen molar-refractivity contribution < 1.29 is 4.79 Å². The molecule has 0 atom stereocenters. The molecule has 0 aliphatic heterocycles. The number of carbonyl (C=O) groups excluding carboxylic acids is 1. The van der Waals surface area contributed by atoms with Gasteiger partial charge in [0.05, 0.1) is 0 Å². The Balaban J connectivity index is 1.98. The third-order valence-electron chi connectivity index (χ3n) is 3.21. The number of hydrogen-bond donors (Lipinski definition) is 1. The highest BCUT2D eigenvalue weighted by atomic mass is 16.2. The first-order valence-corrected chi connectivity index (χ1v) is 6.30. The quantitative estimate of drug-likeness (QED) is 0.900. The monoisotopic (exact) mass is 244 g/mol. The number of carbonyl (C=O) groups is 1. The molecule has 1 aliphatic carbocycles. The Labute approximate surface area is 105 Å². The van der Waals surface area contributed by atoms with Gasteiger partial charge in [-0.25, -0.2) is 9.50 Å². The molecule has 1 N–H and O–H groups in total. The lowest BCUT2D eigenvalue weighted by atomic mass is 10.1. The van der Waals surface area contributed by atoms with Crippen LogP contribution in [0.15, 0.2) is 18.5 Å². The van der Waals surface area contributed by atoms with Gasteiger partial charge in [0.1, 0.15) is 0 Å². The van der Waals surface area contributed by atoms with Crippen molar-refractivity contribution in [3.8, 4) is 0 Å². The van der Waals surface area contributed by atoms with Crippen LogP contribution in [-0.4, -0.2) is 20.5 Å². The standard InChI is InChI=1S/C13H16N4O/c1-8(2)10-7-11(15-13(18)9-3-4-9)16-17-6-5-14-12(10)17/h5-9H,3-4H2,1-2H3,(H,15,16,18). The van der Waals surface area contributed by atoms with Crippen molar-refractivity contribution in [3.63, 3.8) is 0 Å². The molecule has 2 aromatic heterocycles. The molecule has 2 heterocycles. The van der Waals surface area contributed by atoms with E-state index < -0.39 is 0 Å². The lowest BCUT2D eigenvalue weighted by Gasteiger charge is -2.10. The van der Waals surface area contributed by atoms with Gasteiger partial charge in [0.25, 0.3) is 0 Å². The molecule has 2 aromatic rings. The third kappa shape index (κ3) is 1.96. The smallest absolute Gasteiger partial charge is 0.228 e. The molecule has 0 aromatic carbocycles. The Morgan fingerprint density at radius 1 is 1.50 bits per heavy atom. The Morgan fingerprint density at radius 3 is 2.94 bits per heavy atom. The molecule has 5 heteroatoms. The van der Waals surface area contributed by atoms with E-state index in [9.17, 15) is 4.79 Å². The molecule has 0 radical (unpaired) electrons. The molecule has 0 spiro atoms. The molecule has 1 amide bonds. The molecular formula is C13H16N4O. The largest absolute Gasteiger partial charge is 0.309 e. The predicted molar refractivity (Wildman–Crippen MR) is 68.4 cm³/mol. The molecule has 0 unspecified atom stereocenters. The fraction of sp³-hybridized carbons (Fsp3) is 0.462. The predicted octanol–water partition coefficient (Wildman–Crippen LogP) is 2.20. The number of nitrogens with one attached hydrogen (secondary N) is 1. The van der Waals surface area contributed by atoms with E-state index >= 15 is 0 Å². The van der Waals surface area contributed by atoms with Crippen LogP contribution in [0.2, 0.25) is 0 Å². The second kappa shape index (κ2) is 4.08. The summed E-state index contributed by atoms with van der Waals surface area (Å²) in [5, 5.41) is 7.23. The van der Waals surface area contributed by atoms with Crippen LogP contribution in [0.25, 0.3) is 5.65 Å². The van der Waals surface area contributed by atoms with Gasteiger partial charge in [-0.05, 0) is 24.8 Å². The van der Waals surface area contributed by atoms with E-state index in [1.165, 1.54) is 0 Å². The van der Waals surface area contributed by atoms with Crippen LogP contribution in [0.5, 0.6) is 0 Å². The SMILES string of the molecule is CC(C)c1cc(NC(=O)C2CC2)nn2ccnc12. The maximum Gasteiger partial charge on any atom is 0.228 e. The number of hydrogen-bond acceptors (Lipinski definition) is 3.